The van der Waals surface area contributed by atoms with Gasteiger partial charge in [0.2, 0.25) is 0 Å². The summed E-state index contributed by atoms with van der Waals surface area (Å²) < 4.78 is 0. The number of hydrogen-bond acceptors (Lipinski definition) is 2. The summed E-state index contributed by atoms with van der Waals surface area (Å²) in [6, 6.07) is 12.4. The van der Waals surface area contributed by atoms with Gasteiger partial charge in [-0.05, 0) is 36.8 Å². The largest absolute Gasteiger partial charge is 0.367 e. The smallest absolute Gasteiger partial charge is 0.125 e. The standard InChI is InChI=1S/C14H18N2/c1-11(2)12-8-14(9-12,10-15)16-13-6-4-3-5-7-13/h3-7,11-12,16H,8-9H2,1-2H3. The maximum Gasteiger partial charge on any atom is 0.125 e. The molecule has 0 spiro atoms. The lowest BCUT2D eigenvalue weighted by atomic mass is 9.64. The lowest BCUT2D eigenvalue weighted by molar-refractivity contribution is 0.165. The number of hydrogen-bond donors (Lipinski definition) is 1. The molecule has 0 bridgehead atoms. The molecule has 84 valence electrons. The molecule has 0 aliphatic heterocycles. The minimum atomic E-state index is -0.323. The summed E-state index contributed by atoms with van der Waals surface area (Å²) >= 11 is 0. The van der Waals surface area contributed by atoms with Gasteiger partial charge in [-0.25, -0.2) is 0 Å². The number of nitriles is 1. The van der Waals surface area contributed by atoms with Gasteiger partial charge in [-0.15, -0.1) is 0 Å². The van der Waals surface area contributed by atoms with Gasteiger partial charge in [0, 0.05) is 5.69 Å². The normalized spacial score (nSPS) is 28.2. The van der Waals surface area contributed by atoms with Crippen molar-refractivity contribution in [2.24, 2.45) is 11.8 Å². The summed E-state index contributed by atoms with van der Waals surface area (Å²) in [5.74, 6) is 1.37. The Balaban J connectivity index is 2.02. The van der Waals surface area contributed by atoms with Crippen molar-refractivity contribution in [1.29, 1.82) is 5.26 Å². The van der Waals surface area contributed by atoms with Crippen LogP contribution in [0.3, 0.4) is 0 Å². The zero-order valence-corrected chi connectivity index (χ0v) is 9.90. The third kappa shape index (κ3) is 2.04. The van der Waals surface area contributed by atoms with Crippen LogP contribution >= 0.6 is 0 Å². The van der Waals surface area contributed by atoms with Crippen molar-refractivity contribution in [1.82, 2.24) is 0 Å². The molecule has 0 aromatic heterocycles. The second-order valence-corrected chi connectivity index (χ2v) is 5.10. The van der Waals surface area contributed by atoms with Crippen LogP contribution in [0, 0.1) is 23.2 Å². The second kappa shape index (κ2) is 4.17. The highest BCUT2D eigenvalue weighted by atomic mass is 15.0. The van der Waals surface area contributed by atoms with E-state index in [1.54, 1.807) is 0 Å². The van der Waals surface area contributed by atoms with Crippen molar-refractivity contribution in [3.8, 4) is 6.07 Å². The quantitative estimate of drug-likeness (QED) is 0.836. The van der Waals surface area contributed by atoms with E-state index in [1.807, 2.05) is 30.3 Å². The lowest BCUT2D eigenvalue weighted by Gasteiger charge is -2.45. The van der Waals surface area contributed by atoms with Crippen LogP contribution in [0.4, 0.5) is 5.69 Å². The molecule has 0 radical (unpaired) electrons. The van der Waals surface area contributed by atoms with Crippen LogP contribution in [0.1, 0.15) is 26.7 Å². The number of nitrogens with one attached hydrogen (secondary N) is 1. The van der Waals surface area contributed by atoms with Crippen LogP contribution in [0.15, 0.2) is 30.3 Å². The average molecular weight is 214 g/mol. The molecule has 1 saturated carbocycles. The summed E-state index contributed by atoms with van der Waals surface area (Å²) in [4.78, 5) is 0. The SMILES string of the molecule is CC(C)C1CC(C#N)(Nc2ccccc2)C1. The predicted molar refractivity (Wildman–Crippen MR) is 66.0 cm³/mol. The highest BCUT2D eigenvalue weighted by Gasteiger charge is 2.45. The molecule has 1 aromatic carbocycles. The molecule has 1 fully saturated rings. The molecule has 0 heterocycles. The predicted octanol–water partition coefficient (Wildman–Crippen LogP) is 3.43. The van der Waals surface area contributed by atoms with E-state index in [1.165, 1.54) is 0 Å². The van der Waals surface area contributed by atoms with E-state index < -0.39 is 0 Å². The molecule has 0 saturated heterocycles. The van der Waals surface area contributed by atoms with Gasteiger partial charge in [0.25, 0.3) is 0 Å². The van der Waals surface area contributed by atoms with Crippen LogP contribution < -0.4 is 5.32 Å². The lowest BCUT2D eigenvalue weighted by Crippen LogP contribution is -2.50. The van der Waals surface area contributed by atoms with Crippen molar-refractivity contribution < 1.29 is 0 Å². The molecule has 1 aliphatic carbocycles. The third-order valence-electron chi connectivity index (χ3n) is 3.54. The zero-order chi connectivity index (χ0) is 11.6. The molecule has 1 aromatic rings. The Hall–Kier alpha value is -1.49. The van der Waals surface area contributed by atoms with Crippen molar-refractivity contribution in [2.75, 3.05) is 5.32 Å². The van der Waals surface area contributed by atoms with Crippen LogP contribution in [-0.2, 0) is 0 Å². The Labute approximate surface area is 97.3 Å². The molecule has 1 N–H and O–H groups in total. The Bertz CT molecular complexity index is 383. The summed E-state index contributed by atoms with van der Waals surface area (Å²) in [7, 11) is 0. The number of para-hydroxylation sites is 1. The highest BCUT2D eigenvalue weighted by Crippen LogP contribution is 2.43. The van der Waals surface area contributed by atoms with Crippen molar-refractivity contribution in [3.63, 3.8) is 0 Å². The topological polar surface area (TPSA) is 35.8 Å². The summed E-state index contributed by atoms with van der Waals surface area (Å²) in [5, 5.41) is 12.7. The summed E-state index contributed by atoms with van der Waals surface area (Å²) in [6.45, 7) is 4.46. The first-order valence-corrected chi connectivity index (χ1v) is 5.90. The third-order valence-corrected chi connectivity index (χ3v) is 3.54. The zero-order valence-electron chi connectivity index (χ0n) is 9.90. The monoisotopic (exact) mass is 214 g/mol. The van der Waals surface area contributed by atoms with Crippen molar-refractivity contribution >= 4 is 5.69 Å². The van der Waals surface area contributed by atoms with Crippen molar-refractivity contribution in [3.05, 3.63) is 30.3 Å². The Morgan fingerprint density at radius 2 is 1.94 bits per heavy atom. The van der Waals surface area contributed by atoms with Crippen LogP contribution in [0.5, 0.6) is 0 Å². The van der Waals surface area contributed by atoms with E-state index >= 15 is 0 Å². The summed E-state index contributed by atoms with van der Waals surface area (Å²) in [5.41, 5.74) is 0.724. The first-order valence-electron chi connectivity index (χ1n) is 5.90. The molecule has 16 heavy (non-hydrogen) atoms. The minimum absolute atomic E-state index is 0.323. The van der Waals surface area contributed by atoms with Crippen LogP contribution in [0.25, 0.3) is 0 Å². The molecular formula is C14H18N2. The highest BCUT2D eigenvalue weighted by molar-refractivity contribution is 5.48. The van der Waals surface area contributed by atoms with Gasteiger partial charge in [0.15, 0.2) is 0 Å². The molecule has 2 rings (SSSR count). The second-order valence-electron chi connectivity index (χ2n) is 5.10. The van der Waals surface area contributed by atoms with Crippen LogP contribution in [0.2, 0.25) is 0 Å². The van der Waals surface area contributed by atoms with Gasteiger partial charge in [-0.2, -0.15) is 5.26 Å². The van der Waals surface area contributed by atoms with Crippen molar-refractivity contribution in [2.45, 2.75) is 32.2 Å². The maximum atomic E-state index is 9.28. The first-order chi connectivity index (χ1) is 7.65. The average Bonchev–Trinajstić information content (AvgIpc) is 2.24. The van der Waals surface area contributed by atoms with E-state index in [0.29, 0.717) is 11.8 Å². The fraction of sp³-hybridized carbons (Fsp3) is 0.500. The van der Waals surface area contributed by atoms with Gasteiger partial charge >= 0.3 is 0 Å². The fourth-order valence-electron chi connectivity index (χ4n) is 2.33. The van der Waals surface area contributed by atoms with E-state index in [-0.39, 0.29) is 5.54 Å². The molecule has 0 unspecified atom stereocenters. The minimum Gasteiger partial charge on any atom is -0.367 e. The number of benzene rings is 1. The molecule has 2 nitrogen and oxygen atoms in total. The summed E-state index contributed by atoms with van der Waals surface area (Å²) in [6.07, 6.45) is 1.94. The van der Waals surface area contributed by atoms with E-state index in [0.717, 1.165) is 18.5 Å². The molecule has 2 heteroatoms. The molecule has 0 atom stereocenters. The fourth-order valence-corrected chi connectivity index (χ4v) is 2.33. The van der Waals surface area contributed by atoms with Crippen LogP contribution in [-0.4, -0.2) is 5.54 Å². The Morgan fingerprint density at radius 1 is 1.31 bits per heavy atom. The number of anilines is 1. The van der Waals surface area contributed by atoms with Gasteiger partial charge < -0.3 is 5.32 Å². The van der Waals surface area contributed by atoms with Gasteiger partial charge in [0.1, 0.15) is 5.54 Å². The number of nitrogens with zero attached hydrogens (tertiary/aromatic N) is 1. The van der Waals surface area contributed by atoms with Gasteiger partial charge in [-0.3, -0.25) is 0 Å². The first kappa shape index (κ1) is 11.0. The van der Waals surface area contributed by atoms with E-state index in [2.05, 4.69) is 25.2 Å². The molecular weight excluding hydrogens is 196 g/mol. The van der Waals surface area contributed by atoms with E-state index in [9.17, 15) is 5.26 Å². The van der Waals surface area contributed by atoms with Gasteiger partial charge in [0.05, 0.1) is 6.07 Å². The maximum absolute atomic E-state index is 9.28. The number of rotatable bonds is 3. The van der Waals surface area contributed by atoms with Gasteiger partial charge in [-0.1, -0.05) is 32.0 Å². The Morgan fingerprint density at radius 3 is 2.44 bits per heavy atom. The van der Waals surface area contributed by atoms with E-state index in [4.69, 9.17) is 0 Å². The molecule has 0 amide bonds. The Kier molecular flexibility index (Phi) is 2.87. The molecule has 1 aliphatic rings.